The first-order valence-electron chi connectivity index (χ1n) is 5.51. The van der Waals surface area contributed by atoms with Gasteiger partial charge < -0.3 is 5.11 Å². The quantitative estimate of drug-likeness (QED) is 0.808. The van der Waals surface area contributed by atoms with Gasteiger partial charge >= 0.3 is 0 Å². The summed E-state index contributed by atoms with van der Waals surface area (Å²) in [5.41, 5.74) is 0.224. The van der Waals surface area contributed by atoms with E-state index in [-0.39, 0.29) is 28.4 Å². The standard InChI is InChI=1S/C13H11Cl2NO2/c14-7-3-1-4-8(15)11(7)13(16)12-9(17)5-2-6-10(12)18/h1,3-4,16-17H,2,5-6H2. The molecule has 0 bridgehead atoms. The van der Waals surface area contributed by atoms with Crippen molar-refractivity contribution < 1.29 is 9.90 Å². The van der Waals surface area contributed by atoms with E-state index in [4.69, 9.17) is 28.6 Å². The Labute approximate surface area is 115 Å². The van der Waals surface area contributed by atoms with Gasteiger partial charge in [-0.1, -0.05) is 29.3 Å². The molecule has 5 heteroatoms. The number of hydrogen-bond acceptors (Lipinski definition) is 3. The number of rotatable bonds is 2. The molecule has 0 spiro atoms. The second-order valence-electron chi connectivity index (χ2n) is 4.07. The lowest BCUT2D eigenvalue weighted by molar-refractivity contribution is -0.115. The molecule has 1 aliphatic carbocycles. The van der Waals surface area contributed by atoms with Gasteiger partial charge in [0.1, 0.15) is 5.76 Å². The molecule has 0 aromatic heterocycles. The second kappa shape index (κ2) is 5.12. The number of halogens is 2. The molecular formula is C13H11Cl2NO2. The summed E-state index contributed by atoms with van der Waals surface area (Å²) in [5.74, 6) is -0.285. The number of carbonyl (C=O) groups is 1. The molecule has 0 atom stereocenters. The van der Waals surface area contributed by atoms with E-state index in [0.717, 1.165) is 0 Å². The molecule has 3 nitrogen and oxygen atoms in total. The molecule has 0 unspecified atom stereocenters. The van der Waals surface area contributed by atoms with Gasteiger partial charge in [0.2, 0.25) is 0 Å². The molecule has 0 radical (unpaired) electrons. The number of allylic oxidation sites excluding steroid dienone is 2. The van der Waals surface area contributed by atoms with E-state index >= 15 is 0 Å². The third kappa shape index (κ3) is 2.28. The maximum absolute atomic E-state index is 11.8. The molecule has 0 saturated carbocycles. The SMILES string of the molecule is N=C(C1=C(O)CCCC1=O)c1c(Cl)cccc1Cl. The average molecular weight is 284 g/mol. The minimum atomic E-state index is -0.236. The van der Waals surface area contributed by atoms with Crippen LogP contribution in [0.25, 0.3) is 0 Å². The molecule has 0 saturated heterocycles. The first kappa shape index (κ1) is 13.1. The largest absolute Gasteiger partial charge is 0.511 e. The topological polar surface area (TPSA) is 61.1 Å². The maximum atomic E-state index is 11.8. The molecule has 0 heterocycles. The van der Waals surface area contributed by atoms with Crippen LogP contribution < -0.4 is 0 Å². The van der Waals surface area contributed by atoms with Crippen LogP contribution in [0.15, 0.2) is 29.5 Å². The van der Waals surface area contributed by atoms with Crippen molar-refractivity contribution in [1.82, 2.24) is 0 Å². The van der Waals surface area contributed by atoms with Gasteiger partial charge in [0.05, 0.1) is 21.3 Å². The van der Waals surface area contributed by atoms with Crippen molar-refractivity contribution in [3.8, 4) is 0 Å². The third-order valence-electron chi connectivity index (χ3n) is 2.85. The minimum Gasteiger partial charge on any atom is -0.511 e. The minimum absolute atomic E-state index is 0.0382. The lowest BCUT2D eigenvalue weighted by Crippen LogP contribution is -2.20. The second-order valence-corrected chi connectivity index (χ2v) is 4.88. The third-order valence-corrected chi connectivity index (χ3v) is 3.48. The molecule has 94 valence electrons. The van der Waals surface area contributed by atoms with Crippen LogP contribution in [0.1, 0.15) is 24.8 Å². The van der Waals surface area contributed by atoms with Crippen molar-refractivity contribution in [2.24, 2.45) is 0 Å². The summed E-state index contributed by atoms with van der Waals surface area (Å²) in [7, 11) is 0. The number of ketones is 1. The predicted octanol–water partition coefficient (Wildman–Crippen LogP) is 3.93. The number of benzene rings is 1. The normalized spacial score (nSPS) is 16.0. The average Bonchev–Trinajstić information content (AvgIpc) is 2.28. The lowest BCUT2D eigenvalue weighted by atomic mass is 9.90. The van der Waals surface area contributed by atoms with Gasteiger partial charge in [-0.05, 0) is 18.6 Å². The summed E-state index contributed by atoms with van der Waals surface area (Å²) < 4.78 is 0. The molecule has 1 aliphatic rings. The van der Waals surface area contributed by atoms with Crippen molar-refractivity contribution in [3.63, 3.8) is 0 Å². The van der Waals surface area contributed by atoms with Crippen molar-refractivity contribution in [3.05, 3.63) is 45.1 Å². The number of Topliss-reactive ketones (excluding diaryl/α,β-unsaturated/α-hetero) is 1. The molecular weight excluding hydrogens is 273 g/mol. The highest BCUT2D eigenvalue weighted by Gasteiger charge is 2.26. The van der Waals surface area contributed by atoms with Crippen LogP contribution >= 0.6 is 23.2 Å². The Morgan fingerprint density at radius 3 is 2.39 bits per heavy atom. The Balaban J connectivity index is 2.52. The fourth-order valence-electron chi connectivity index (χ4n) is 1.97. The highest BCUT2D eigenvalue weighted by molar-refractivity contribution is 6.43. The van der Waals surface area contributed by atoms with E-state index < -0.39 is 0 Å². The summed E-state index contributed by atoms with van der Waals surface area (Å²) in [6.07, 6.45) is 1.35. The summed E-state index contributed by atoms with van der Waals surface area (Å²) in [6, 6.07) is 4.86. The highest BCUT2D eigenvalue weighted by Crippen LogP contribution is 2.30. The van der Waals surface area contributed by atoms with Crippen LogP contribution in [0.3, 0.4) is 0 Å². The molecule has 0 amide bonds. The molecule has 1 aromatic carbocycles. The van der Waals surface area contributed by atoms with Crippen molar-refractivity contribution in [2.45, 2.75) is 19.3 Å². The summed E-state index contributed by atoms with van der Waals surface area (Å²) in [5, 5.41) is 18.4. The molecule has 0 fully saturated rings. The number of aliphatic hydroxyl groups is 1. The highest BCUT2D eigenvalue weighted by atomic mass is 35.5. The number of hydrogen-bond donors (Lipinski definition) is 2. The van der Waals surface area contributed by atoms with Crippen LogP contribution in [0, 0.1) is 5.41 Å². The summed E-state index contributed by atoms with van der Waals surface area (Å²) >= 11 is 12.0. The van der Waals surface area contributed by atoms with Crippen LogP contribution in [-0.2, 0) is 4.79 Å². The van der Waals surface area contributed by atoms with Gasteiger partial charge in [-0.15, -0.1) is 0 Å². The van der Waals surface area contributed by atoms with Gasteiger partial charge in [-0.3, -0.25) is 10.2 Å². The Kier molecular flexibility index (Phi) is 3.73. The Morgan fingerprint density at radius 2 is 1.83 bits per heavy atom. The monoisotopic (exact) mass is 283 g/mol. The van der Waals surface area contributed by atoms with Crippen LogP contribution in [0.5, 0.6) is 0 Å². The molecule has 1 aromatic rings. The van der Waals surface area contributed by atoms with E-state index in [1.54, 1.807) is 18.2 Å². The molecule has 0 aliphatic heterocycles. The van der Waals surface area contributed by atoms with E-state index in [1.807, 2.05) is 0 Å². The van der Waals surface area contributed by atoms with E-state index in [0.29, 0.717) is 29.3 Å². The van der Waals surface area contributed by atoms with Gasteiger partial charge in [-0.25, -0.2) is 0 Å². The smallest absolute Gasteiger partial charge is 0.168 e. The summed E-state index contributed by atoms with van der Waals surface area (Å²) in [4.78, 5) is 11.8. The number of aliphatic hydroxyl groups excluding tert-OH is 1. The number of carbonyl (C=O) groups excluding carboxylic acids is 1. The van der Waals surface area contributed by atoms with Crippen molar-refractivity contribution >= 4 is 34.7 Å². The van der Waals surface area contributed by atoms with Gasteiger partial charge in [0.15, 0.2) is 5.78 Å². The van der Waals surface area contributed by atoms with Crippen LogP contribution in [0.4, 0.5) is 0 Å². The number of nitrogens with one attached hydrogen (secondary N) is 1. The van der Waals surface area contributed by atoms with Gasteiger partial charge in [0, 0.05) is 18.4 Å². The fourth-order valence-corrected chi connectivity index (χ4v) is 2.56. The Morgan fingerprint density at radius 1 is 1.22 bits per heavy atom. The Hall–Kier alpha value is -1.32. The Bertz CT molecular complexity index is 544. The predicted molar refractivity (Wildman–Crippen MR) is 71.8 cm³/mol. The first-order chi connectivity index (χ1) is 8.52. The fraction of sp³-hybridized carbons (Fsp3) is 0.231. The summed E-state index contributed by atoms with van der Waals surface area (Å²) in [6.45, 7) is 0. The van der Waals surface area contributed by atoms with Crippen molar-refractivity contribution in [2.75, 3.05) is 0 Å². The first-order valence-corrected chi connectivity index (χ1v) is 6.26. The lowest BCUT2D eigenvalue weighted by Gasteiger charge is -2.17. The molecule has 2 rings (SSSR count). The zero-order valence-corrected chi connectivity index (χ0v) is 11.0. The maximum Gasteiger partial charge on any atom is 0.168 e. The molecule has 2 N–H and O–H groups in total. The van der Waals surface area contributed by atoms with E-state index in [9.17, 15) is 9.90 Å². The van der Waals surface area contributed by atoms with Crippen LogP contribution in [-0.4, -0.2) is 16.6 Å². The van der Waals surface area contributed by atoms with E-state index in [1.165, 1.54) is 0 Å². The molecule has 18 heavy (non-hydrogen) atoms. The van der Waals surface area contributed by atoms with Gasteiger partial charge in [-0.2, -0.15) is 0 Å². The van der Waals surface area contributed by atoms with Crippen LogP contribution in [0.2, 0.25) is 10.0 Å². The van der Waals surface area contributed by atoms with Gasteiger partial charge in [0.25, 0.3) is 0 Å². The zero-order chi connectivity index (χ0) is 13.3. The van der Waals surface area contributed by atoms with Crippen molar-refractivity contribution in [1.29, 1.82) is 5.41 Å². The van der Waals surface area contributed by atoms with E-state index in [2.05, 4.69) is 0 Å². The zero-order valence-electron chi connectivity index (χ0n) is 9.46.